The second kappa shape index (κ2) is 6.51. The lowest BCUT2D eigenvalue weighted by Gasteiger charge is -2.09. The molecule has 1 aromatic carbocycles. The number of rotatable bonds is 2. The molecule has 0 aliphatic heterocycles. The number of nitrogens with zero attached hydrogens (tertiary/aromatic N) is 2. The number of carbonyl (C=O) groups excluding carboxylic acids is 1. The predicted molar refractivity (Wildman–Crippen MR) is 77.7 cm³/mol. The van der Waals surface area contributed by atoms with Crippen LogP contribution in [0.4, 0.5) is 17.6 Å². The van der Waals surface area contributed by atoms with E-state index < -0.39 is 23.3 Å². The summed E-state index contributed by atoms with van der Waals surface area (Å²) in [6.45, 7) is 0. The smallest absolute Gasteiger partial charge is 0.291 e. The third-order valence-electron chi connectivity index (χ3n) is 2.47. The summed E-state index contributed by atoms with van der Waals surface area (Å²) >= 11 is 9.09. The third kappa shape index (κ3) is 3.96. The van der Waals surface area contributed by atoms with E-state index in [0.29, 0.717) is 3.79 Å². The molecule has 0 N–H and O–H groups in total. The molecule has 10 heteroatoms. The van der Waals surface area contributed by atoms with Crippen LogP contribution in [-0.4, -0.2) is 16.1 Å². The van der Waals surface area contributed by atoms with E-state index in [1.54, 1.807) is 0 Å². The Morgan fingerprint density at radius 1 is 1.41 bits per heavy atom. The second-order valence-electron chi connectivity index (χ2n) is 3.99. The minimum atomic E-state index is -4.50. The van der Waals surface area contributed by atoms with E-state index in [2.05, 4.69) is 20.9 Å². The zero-order valence-electron chi connectivity index (χ0n) is 10.4. The molecule has 1 atom stereocenters. The molecule has 0 saturated carbocycles. The highest BCUT2D eigenvalue weighted by molar-refractivity contribution is 9.11. The summed E-state index contributed by atoms with van der Waals surface area (Å²) in [5, 5.41) is 0. The van der Waals surface area contributed by atoms with Gasteiger partial charge >= 0.3 is 6.18 Å². The molecule has 0 fully saturated rings. The predicted octanol–water partition coefficient (Wildman–Crippen LogP) is 4.28. The lowest BCUT2D eigenvalue weighted by atomic mass is 10.2. The average molecular weight is 418 g/mol. The van der Waals surface area contributed by atoms with Crippen molar-refractivity contribution >= 4 is 44.8 Å². The number of halogens is 6. The zero-order chi connectivity index (χ0) is 16.5. The maximum absolute atomic E-state index is 12.7. The van der Waals surface area contributed by atoms with Crippen molar-refractivity contribution in [2.45, 2.75) is 11.8 Å². The van der Waals surface area contributed by atoms with E-state index in [9.17, 15) is 22.4 Å². The van der Waals surface area contributed by atoms with Crippen LogP contribution < -0.4 is 4.80 Å². The van der Waals surface area contributed by atoms with Gasteiger partial charge in [-0.05, 0) is 34.1 Å². The first-order valence-electron chi connectivity index (χ1n) is 5.61. The molecule has 0 radical (unpaired) electrons. The topological polar surface area (TPSA) is 34.4 Å². The Bertz CT molecular complexity index is 769. The molecule has 3 nitrogen and oxygen atoms in total. The molecule has 2 rings (SSSR count). The molecule has 0 saturated heterocycles. The van der Waals surface area contributed by atoms with Crippen LogP contribution in [0.1, 0.15) is 5.56 Å². The Labute approximate surface area is 139 Å². The number of hydrogen-bond acceptors (Lipinski definition) is 2. The summed E-state index contributed by atoms with van der Waals surface area (Å²) in [6, 6.07) is 4.45. The van der Waals surface area contributed by atoms with Crippen molar-refractivity contribution in [3.8, 4) is 5.69 Å². The molecule has 0 aliphatic rings. The summed E-state index contributed by atoms with van der Waals surface area (Å²) in [5.41, 5.74) is -3.03. The van der Waals surface area contributed by atoms with E-state index in [1.807, 2.05) is 0 Å². The maximum atomic E-state index is 12.7. The molecule has 2 aromatic rings. The van der Waals surface area contributed by atoms with Crippen LogP contribution in [0.15, 0.2) is 39.2 Å². The average Bonchev–Trinajstić information content (AvgIpc) is 2.78. The number of carbonyl (C=O) groups is 1. The first-order valence-corrected chi connectivity index (χ1v) is 7.65. The Balaban J connectivity index is 2.57. The van der Waals surface area contributed by atoms with Crippen molar-refractivity contribution < 1.29 is 22.4 Å². The van der Waals surface area contributed by atoms with Crippen molar-refractivity contribution in [2.24, 2.45) is 4.99 Å². The van der Waals surface area contributed by atoms with Crippen molar-refractivity contribution in [1.29, 1.82) is 0 Å². The molecule has 118 valence electrons. The van der Waals surface area contributed by atoms with Gasteiger partial charge in [0.25, 0.3) is 11.5 Å². The fraction of sp³-hybridized carbons (Fsp3) is 0.167. The largest absolute Gasteiger partial charge is 0.416 e. The Morgan fingerprint density at radius 2 is 2.09 bits per heavy atom. The maximum Gasteiger partial charge on any atom is 0.416 e. The van der Waals surface area contributed by atoms with Gasteiger partial charge < -0.3 is 0 Å². The lowest BCUT2D eigenvalue weighted by Crippen LogP contribution is -2.18. The molecule has 0 spiro atoms. The van der Waals surface area contributed by atoms with Crippen molar-refractivity contribution in [1.82, 2.24) is 4.57 Å². The first-order chi connectivity index (χ1) is 10.2. The van der Waals surface area contributed by atoms with Crippen LogP contribution in [0.3, 0.4) is 0 Å². The van der Waals surface area contributed by atoms with Crippen LogP contribution in [0.5, 0.6) is 0 Å². The lowest BCUT2D eigenvalue weighted by molar-refractivity contribution is -0.137. The first kappa shape index (κ1) is 17.2. The summed E-state index contributed by atoms with van der Waals surface area (Å²) in [4.78, 5) is 14.7. The summed E-state index contributed by atoms with van der Waals surface area (Å²) in [5.74, 6) is -1.23. The molecule has 0 bridgehead atoms. The fourth-order valence-electron chi connectivity index (χ4n) is 1.56. The molecule has 0 aliphatic carbocycles. The van der Waals surface area contributed by atoms with E-state index in [4.69, 9.17) is 11.6 Å². The van der Waals surface area contributed by atoms with E-state index in [0.717, 1.165) is 23.5 Å². The monoisotopic (exact) mass is 416 g/mol. The number of aromatic nitrogens is 1. The fourth-order valence-corrected chi connectivity index (χ4v) is 2.97. The van der Waals surface area contributed by atoms with Crippen LogP contribution in [0.25, 0.3) is 5.69 Å². The van der Waals surface area contributed by atoms with Gasteiger partial charge in [0.2, 0.25) is 0 Å². The third-order valence-corrected chi connectivity index (χ3v) is 4.12. The molecule has 1 amide bonds. The minimum absolute atomic E-state index is 0.000463. The highest BCUT2D eigenvalue weighted by Crippen LogP contribution is 2.30. The summed E-state index contributed by atoms with van der Waals surface area (Å²) < 4.78 is 52.7. The second-order valence-corrected chi connectivity index (χ2v) is 6.76. The van der Waals surface area contributed by atoms with E-state index >= 15 is 0 Å². The summed E-state index contributed by atoms with van der Waals surface area (Å²) in [6.07, 6.45) is -3.08. The number of thiazole rings is 1. The van der Waals surface area contributed by atoms with E-state index in [-0.39, 0.29) is 10.5 Å². The highest BCUT2D eigenvalue weighted by Gasteiger charge is 2.30. The van der Waals surface area contributed by atoms with Crippen LogP contribution in [0.2, 0.25) is 0 Å². The van der Waals surface area contributed by atoms with Crippen LogP contribution in [-0.2, 0) is 11.0 Å². The SMILES string of the molecule is O=C(N=c1sc(Br)cn1-c1cccc(C(F)(F)F)c1)C(F)Cl. The molecule has 1 aromatic heterocycles. The number of hydrogen-bond donors (Lipinski definition) is 0. The van der Waals surface area contributed by atoms with Crippen molar-refractivity contribution in [3.05, 3.63) is 44.6 Å². The van der Waals surface area contributed by atoms with Crippen molar-refractivity contribution in [3.63, 3.8) is 0 Å². The van der Waals surface area contributed by atoms with Gasteiger partial charge in [0.15, 0.2) is 4.80 Å². The standard InChI is InChI=1S/C12H6BrClF4N2OS/c13-8-5-20(11(22-8)19-10(21)9(14)15)7-3-1-2-6(4-7)12(16,17)18/h1-5,9H. The van der Waals surface area contributed by atoms with Gasteiger partial charge in [-0.1, -0.05) is 29.0 Å². The van der Waals surface area contributed by atoms with Gasteiger partial charge in [0, 0.05) is 11.9 Å². The van der Waals surface area contributed by atoms with Crippen molar-refractivity contribution in [2.75, 3.05) is 0 Å². The molecule has 1 heterocycles. The normalized spacial score (nSPS) is 14.2. The Morgan fingerprint density at radius 3 is 2.68 bits per heavy atom. The molecule has 22 heavy (non-hydrogen) atoms. The number of amides is 1. The molecular weight excluding hydrogens is 412 g/mol. The Kier molecular flexibility index (Phi) is 5.08. The van der Waals surface area contributed by atoms with Gasteiger partial charge in [-0.2, -0.15) is 18.2 Å². The molecular formula is C12H6BrClF4N2OS. The molecule has 1 unspecified atom stereocenters. The van der Waals surface area contributed by atoms with Gasteiger partial charge in [0.05, 0.1) is 9.35 Å². The quantitative estimate of drug-likeness (QED) is 0.530. The Hall–Kier alpha value is -1.19. The van der Waals surface area contributed by atoms with Crippen LogP contribution in [0, 0.1) is 0 Å². The number of benzene rings is 1. The van der Waals surface area contributed by atoms with E-state index in [1.165, 1.54) is 22.9 Å². The van der Waals surface area contributed by atoms with Gasteiger partial charge in [-0.3, -0.25) is 9.36 Å². The van der Waals surface area contributed by atoms with Gasteiger partial charge in [-0.15, -0.1) is 0 Å². The van der Waals surface area contributed by atoms with Gasteiger partial charge in [0.1, 0.15) is 0 Å². The number of alkyl halides is 5. The zero-order valence-corrected chi connectivity index (χ0v) is 13.6. The van der Waals surface area contributed by atoms with Gasteiger partial charge in [-0.25, -0.2) is 4.39 Å². The minimum Gasteiger partial charge on any atom is -0.291 e. The summed E-state index contributed by atoms with van der Waals surface area (Å²) in [7, 11) is 0. The van der Waals surface area contributed by atoms with Crippen LogP contribution >= 0.6 is 38.9 Å². The highest BCUT2D eigenvalue weighted by atomic mass is 79.9.